The third kappa shape index (κ3) is 5.32. The van der Waals surface area contributed by atoms with E-state index in [-0.39, 0.29) is 11.8 Å². The number of hydrogen-bond acceptors (Lipinski definition) is 2. The molecule has 2 saturated carbocycles. The minimum atomic E-state index is 0.0824. The summed E-state index contributed by atoms with van der Waals surface area (Å²) in [4.78, 5) is 24.5. The van der Waals surface area contributed by atoms with Crippen LogP contribution < -0.4 is 10.6 Å². The van der Waals surface area contributed by atoms with E-state index in [0.29, 0.717) is 24.7 Å². The molecule has 136 valence electrons. The van der Waals surface area contributed by atoms with E-state index >= 15 is 0 Å². The summed E-state index contributed by atoms with van der Waals surface area (Å²) in [6.45, 7) is 1.98. The van der Waals surface area contributed by atoms with Crippen LogP contribution in [0.15, 0.2) is 18.2 Å². The standard InChI is InChI=1S/C21H30N2O2/c1-15-10-11-18(22-20(24)12-16-6-2-3-7-16)14-19(15)23-21(25)13-17-8-4-5-9-17/h10-11,14,16-17H,2-9,12-13H2,1H3,(H,22,24)(H,23,25). The summed E-state index contributed by atoms with van der Waals surface area (Å²) in [6, 6.07) is 5.75. The normalized spacial score (nSPS) is 18.4. The first-order valence-electron chi connectivity index (χ1n) is 9.80. The molecule has 2 amide bonds. The molecule has 2 N–H and O–H groups in total. The summed E-state index contributed by atoms with van der Waals surface area (Å²) in [5.74, 6) is 1.24. The number of aryl methyl sites for hydroxylation is 1. The fourth-order valence-electron chi connectivity index (χ4n) is 4.20. The van der Waals surface area contributed by atoms with Crippen LogP contribution in [-0.4, -0.2) is 11.8 Å². The van der Waals surface area contributed by atoms with Crippen LogP contribution in [0.1, 0.15) is 69.8 Å². The third-order valence-electron chi connectivity index (χ3n) is 5.69. The molecule has 0 atom stereocenters. The van der Waals surface area contributed by atoms with Crippen LogP contribution in [0.2, 0.25) is 0 Å². The number of hydrogen-bond donors (Lipinski definition) is 2. The third-order valence-corrected chi connectivity index (χ3v) is 5.69. The second-order valence-corrected chi connectivity index (χ2v) is 7.84. The molecule has 0 radical (unpaired) electrons. The maximum Gasteiger partial charge on any atom is 0.224 e. The monoisotopic (exact) mass is 342 g/mol. The van der Waals surface area contributed by atoms with E-state index in [1.54, 1.807) is 0 Å². The van der Waals surface area contributed by atoms with Gasteiger partial charge in [0.1, 0.15) is 0 Å². The molecule has 3 rings (SSSR count). The lowest BCUT2D eigenvalue weighted by atomic mass is 10.0. The molecule has 25 heavy (non-hydrogen) atoms. The molecule has 0 saturated heterocycles. The largest absolute Gasteiger partial charge is 0.326 e. The van der Waals surface area contributed by atoms with Crippen molar-refractivity contribution in [3.63, 3.8) is 0 Å². The number of carbonyl (C=O) groups is 2. The highest BCUT2D eigenvalue weighted by Gasteiger charge is 2.20. The molecule has 4 heteroatoms. The van der Waals surface area contributed by atoms with E-state index in [2.05, 4.69) is 10.6 Å². The SMILES string of the molecule is Cc1ccc(NC(=O)CC2CCCC2)cc1NC(=O)CC1CCCC1. The molecule has 2 aliphatic carbocycles. The van der Waals surface area contributed by atoms with E-state index in [9.17, 15) is 9.59 Å². The van der Waals surface area contributed by atoms with Crippen molar-refractivity contribution in [2.45, 2.75) is 71.1 Å². The average molecular weight is 342 g/mol. The van der Waals surface area contributed by atoms with Gasteiger partial charge in [0.2, 0.25) is 11.8 Å². The molecular formula is C21H30N2O2. The number of benzene rings is 1. The Kier molecular flexibility index (Phi) is 6.11. The summed E-state index contributed by atoms with van der Waals surface area (Å²) in [6.07, 6.45) is 10.9. The highest BCUT2D eigenvalue weighted by atomic mass is 16.2. The van der Waals surface area contributed by atoms with Gasteiger partial charge in [0.15, 0.2) is 0 Å². The summed E-state index contributed by atoms with van der Waals surface area (Å²) >= 11 is 0. The number of carbonyl (C=O) groups excluding carboxylic acids is 2. The fraction of sp³-hybridized carbons (Fsp3) is 0.619. The van der Waals surface area contributed by atoms with Crippen molar-refractivity contribution in [3.05, 3.63) is 23.8 Å². The van der Waals surface area contributed by atoms with E-state index in [1.165, 1.54) is 51.4 Å². The Balaban J connectivity index is 1.55. The number of anilines is 2. The van der Waals surface area contributed by atoms with Crippen molar-refractivity contribution >= 4 is 23.2 Å². The molecule has 0 bridgehead atoms. The first kappa shape index (κ1) is 18.0. The Hall–Kier alpha value is -1.84. The van der Waals surface area contributed by atoms with Crippen molar-refractivity contribution in [3.8, 4) is 0 Å². The quantitative estimate of drug-likeness (QED) is 0.761. The van der Waals surface area contributed by atoms with Crippen molar-refractivity contribution in [2.75, 3.05) is 10.6 Å². The van der Waals surface area contributed by atoms with Crippen molar-refractivity contribution < 1.29 is 9.59 Å². The van der Waals surface area contributed by atoms with Gasteiger partial charge in [-0.05, 0) is 62.1 Å². The summed E-state index contributed by atoms with van der Waals surface area (Å²) in [5.41, 5.74) is 2.60. The zero-order chi connectivity index (χ0) is 17.6. The van der Waals surface area contributed by atoms with Crippen molar-refractivity contribution in [1.29, 1.82) is 0 Å². The molecule has 0 aliphatic heterocycles. The summed E-state index contributed by atoms with van der Waals surface area (Å²) < 4.78 is 0. The van der Waals surface area contributed by atoms with Crippen LogP contribution >= 0.6 is 0 Å². The molecule has 0 unspecified atom stereocenters. The topological polar surface area (TPSA) is 58.2 Å². The van der Waals surface area contributed by atoms with E-state index in [1.807, 2.05) is 25.1 Å². The van der Waals surface area contributed by atoms with Gasteiger partial charge in [-0.1, -0.05) is 31.7 Å². The van der Waals surface area contributed by atoms with E-state index in [0.717, 1.165) is 16.9 Å². The Morgan fingerprint density at radius 3 is 1.96 bits per heavy atom. The summed E-state index contributed by atoms with van der Waals surface area (Å²) in [5, 5.41) is 6.03. The molecule has 1 aromatic rings. The number of nitrogens with one attached hydrogen (secondary N) is 2. The second-order valence-electron chi connectivity index (χ2n) is 7.84. The lowest BCUT2D eigenvalue weighted by Crippen LogP contribution is -2.17. The molecule has 2 aliphatic rings. The predicted octanol–water partition coefficient (Wildman–Crippen LogP) is 5.03. The maximum atomic E-state index is 12.3. The van der Waals surface area contributed by atoms with Gasteiger partial charge in [0.25, 0.3) is 0 Å². The summed E-state index contributed by atoms with van der Waals surface area (Å²) in [7, 11) is 0. The molecule has 0 aromatic heterocycles. The molecule has 4 nitrogen and oxygen atoms in total. The number of amides is 2. The highest BCUT2D eigenvalue weighted by Crippen LogP contribution is 2.29. The van der Waals surface area contributed by atoms with Crippen molar-refractivity contribution in [1.82, 2.24) is 0 Å². The molecule has 1 aromatic carbocycles. The van der Waals surface area contributed by atoms with Gasteiger partial charge in [-0.25, -0.2) is 0 Å². The Bertz CT molecular complexity index is 614. The van der Waals surface area contributed by atoms with Gasteiger partial charge < -0.3 is 10.6 Å². The van der Waals surface area contributed by atoms with Gasteiger partial charge in [-0.3, -0.25) is 9.59 Å². The molecule has 0 heterocycles. The van der Waals surface area contributed by atoms with Crippen LogP contribution in [-0.2, 0) is 9.59 Å². The van der Waals surface area contributed by atoms with E-state index < -0.39 is 0 Å². The van der Waals surface area contributed by atoms with Crippen molar-refractivity contribution in [2.24, 2.45) is 11.8 Å². The highest BCUT2D eigenvalue weighted by molar-refractivity contribution is 5.94. The molecule has 0 spiro atoms. The Labute approximate surface area is 150 Å². The molecular weight excluding hydrogens is 312 g/mol. The van der Waals surface area contributed by atoms with Gasteiger partial charge >= 0.3 is 0 Å². The van der Waals surface area contributed by atoms with Gasteiger partial charge in [0, 0.05) is 24.2 Å². The zero-order valence-electron chi connectivity index (χ0n) is 15.3. The lowest BCUT2D eigenvalue weighted by molar-refractivity contribution is -0.117. The first-order valence-corrected chi connectivity index (χ1v) is 9.80. The van der Waals surface area contributed by atoms with Crippen LogP contribution in [0, 0.1) is 18.8 Å². The second kappa shape index (κ2) is 8.50. The maximum absolute atomic E-state index is 12.3. The zero-order valence-corrected chi connectivity index (χ0v) is 15.3. The minimum absolute atomic E-state index is 0.0824. The van der Waals surface area contributed by atoms with Crippen LogP contribution in [0.3, 0.4) is 0 Å². The number of rotatable bonds is 6. The Morgan fingerprint density at radius 2 is 1.40 bits per heavy atom. The van der Waals surface area contributed by atoms with E-state index in [4.69, 9.17) is 0 Å². The smallest absolute Gasteiger partial charge is 0.224 e. The van der Waals surface area contributed by atoms with Crippen LogP contribution in [0.25, 0.3) is 0 Å². The molecule has 2 fully saturated rings. The Morgan fingerprint density at radius 1 is 0.880 bits per heavy atom. The fourth-order valence-corrected chi connectivity index (χ4v) is 4.20. The van der Waals surface area contributed by atoms with Gasteiger partial charge in [-0.2, -0.15) is 0 Å². The van der Waals surface area contributed by atoms with Gasteiger partial charge in [0.05, 0.1) is 0 Å². The van der Waals surface area contributed by atoms with Gasteiger partial charge in [-0.15, -0.1) is 0 Å². The minimum Gasteiger partial charge on any atom is -0.326 e. The first-order chi connectivity index (χ1) is 12.1. The van der Waals surface area contributed by atoms with Crippen LogP contribution in [0.4, 0.5) is 11.4 Å². The lowest BCUT2D eigenvalue weighted by Gasteiger charge is -2.14. The van der Waals surface area contributed by atoms with Crippen LogP contribution in [0.5, 0.6) is 0 Å². The predicted molar refractivity (Wildman–Crippen MR) is 102 cm³/mol. The average Bonchev–Trinajstić information content (AvgIpc) is 3.24.